The molecule has 22 heavy (non-hydrogen) atoms. The van der Waals surface area contributed by atoms with Crippen LogP contribution in [0.25, 0.3) is 0 Å². The highest BCUT2D eigenvalue weighted by atomic mass is 27.1. The molecule has 0 aliphatic carbocycles. The lowest BCUT2D eigenvalue weighted by molar-refractivity contribution is -0.144. The lowest BCUT2D eigenvalue weighted by Crippen LogP contribution is -2.05. The normalized spacial score (nSPS) is 8.68. The minimum atomic E-state index is -0.475. The third-order valence-electron chi connectivity index (χ3n) is 1.67. The Morgan fingerprint density at radius 1 is 0.864 bits per heavy atom. The highest BCUT2D eigenvalue weighted by Crippen LogP contribution is 1.87. The van der Waals surface area contributed by atoms with Crippen molar-refractivity contribution in [3.63, 3.8) is 0 Å². The Balaban J connectivity index is -0.000000249. The van der Waals surface area contributed by atoms with Gasteiger partial charge >= 0.3 is 28.6 Å². The van der Waals surface area contributed by atoms with Crippen molar-refractivity contribution in [2.24, 2.45) is 5.92 Å². The molecular formula is C14H25AlO7. The molecule has 0 aliphatic rings. The molecule has 0 aromatic heterocycles. The van der Waals surface area contributed by atoms with Gasteiger partial charge in [0, 0.05) is 6.61 Å². The van der Waals surface area contributed by atoms with Crippen LogP contribution in [-0.4, -0.2) is 61.0 Å². The van der Waals surface area contributed by atoms with E-state index in [0.717, 1.165) is 6.61 Å². The molecule has 0 saturated heterocycles. The second kappa shape index (κ2) is 17.8. The third kappa shape index (κ3) is 31.3. The molecule has 0 saturated carbocycles. The molecule has 0 atom stereocenters. The molecule has 0 spiro atoms. The Bertz CT molecular complexity index is 312. The van der Waals surface area contributed by atoms with Crippen LogP contribution in [0.15, 0.2) is 0 Å². The average Bonchev–Trinajstić information content (AvgIpc) is 2.38. The van der Waals surface area contributed by atoms with Crippen LogP contribution in [0.4, 0.5) is 0 Å². The molecule has 8 heteroatoms. The maximum Gasteiger partial charge on any atom is 0.369 e. The SMILES string of the molecule is CC(C)C[O][Al].COC(=O)CC(C)=O.COC(=O)CC(C)=O. The molecule has 0 fully saturated rings. The lowest BCUT2D eigenvalue weighted by Gasteiger charge is -2.00. The molecule has 0 heterocycles. The van der Waals surface area contributed by atoms with E-state index in [-0.39, 0.29) is 24.4 Å². The van der Waals surface area contributed by atoms with Gasteiger partial charge in [-0.05, 0) is 19.8 Å². The van der Waals surface area contributed by atoms with E-state index >= 15 is 0 Å². The van der Waals surface area contributed by atoms with Gasteiger partial charge in [0.05, 0.1) is 14.2 Å². The molecule has 126 valence electrons. The van der Waals surface area contributed by atoms with Crippen molar-refractivity contribution in [2.45, 2.75) is 40.5 Å². The second-order valence-electron chi connectivity index (χ2n) is 4.64. The molecule has 0 rings (SSSR count). The van der Waals surface area contributed by atoms with E-state index in [9.17, 15) is 19.2 Å². The van der Waals surface area contributed by atoms with Crippen LogP contribution in [0.3, 0.4) is 0 Å². The van der Waals surface area contributed by atoms with E-state index < -0.39 is 11.9 Å². The fraction of sp³-hybridized carbons (Fsp3) is 0.714. The molecular weight excluding hydrogens is 307 g/mol. The summed E-state index contributed by atoms with van der Waals surface area (Å²) in [4.78, 5) is 40.6. The zero-order valence-electron chi connectivity index (χ0n) is 14.1. The first-order chi connectivity index (χ1) is 10.1. The van der Waals surface area contributed by atoms with Gasteiger partial charge in [-0.1, -0.05) is 13.8 Å². The highest BCUT2D eigenvalue weighted by Gasteiger charge is 2.02. The van der Waals surface area contributed by atoms with Crippen LogP contribution in [0.5, 0.6) is 0 Å². The smallest absolute Gasteiger partial charge is 0.369 e. The number of hydrogen-bond donors (Lipinski definition) is 0. The fourth-order valence-corrected chi connectivity index (χ4v) is 1.13. The Morgan fingerprint density at radius 2 is 1.18 bits per heavy atom. The molecule has 0 aromatic rings. The summed E-state index contributed by atoms with van der Waals surface area (Å²) in [5.41, 5.74) is 0. The van der Waals surface area contributed by atoms with Gasteiger partial charge in [0.25, 0.3) is 0 Å². The van der Waals surface area contributed by atoms with Gasteiger partial charge in [-0.3, -0.25) is 19.2 Å². The molecule has 0 aliphatic heterocycles. The largest absolute Gasteiger partial charge is 0.516 e. The zero-order valence-corrected chi connectivity index (χ0v) is 15.3. The topological polar surface area (TPSA) is 96.0 Å². The van der Waals surface area contributed by atoms with Crippen LogP contribution in [0.2, 0.25) is 0 Å². The van der Waals surface area contributed by atoms with Crippen LogP contribution in [0, 0.1) is 5.92 Å². The van der Waals surface area contributed by atoms with Gasteiger partial charge in [0.2, 0.25) is 0 Å². The van der Waals surface area contributed by atoms with Crippen LogP contribution >= 0.6 is 0 Å². The summed E-state index contributed by atoms with van der Waals surface area (Å²) in [6, 6.07) is 0. The van der Waals surface area contributed by atoms with E-state index in [1.54, 1.807) is 0 Å². The van der Waals surface area contributed by atoms with Crippen molar-refractivity contribution < 1.29 is 32.4 Å². The monoisotopic (exact) mass is 332 g/mol. The van der Waals surface area contributed by atoms with Crippen molar-refractivity contribution in [1.29, 1.82) is 0 Å². The van der Waals surface area contributed by atoms with Crippen LogP contribution in [-0.2, 0) is 32.4 Å². The first-order valence-electron chi connectivity index (χ1n) is 6.54. The summed E-state index contributed by atoms with van der Waals surface area (Å²) in [6.45, 7) is 7.76. The highest BCUT2D eigenvalue weighted by molar-refractivity contribution is 5.97. The minimum absolute atomic E-state index is 0.115. The van der Waals surface area contributed by atoms with Gasteiger partial charge in [0.1, 0.15) is 24.4 Å². The third-order valence-corrected chi connectivity index (χ3v) is 1.86. The minimum Gasteiger partial charge on any atom is -0.516 e. The van der Waals surface area contributed by atoms with Gasteiger partial charge in [-0.15, -0.1) is 0 Å². The average molecular weight is 332 g/mol. The van der Waals surface area contributed by atoms with Gasteiger partial charge in [-0.25, -0.2) is 0 Å². The van der Waals surface area contributed by atoms with E-state index in [1.165, 1.54) is 28.1 Å². The maximum absolute atomic E-state index is 10.2. The number of carbonyl (C=O) groups excluding carboxylic acids is 4. The van der Waals surface area contributed by atoms with E-state index in [4.69, 9.17) is 3.79 Å². The Labute approximate surface area is 140 Å². The number of ketones is 2. The summed E-state index contributed by atoms with van der Waals surface area (Å²) in [5.74, 6) is -0.633. The number of esters is 2. The van der Waals surface area contributed by atoms with E-state index in [0.29, 0.717) is 5.92 Å². The predicted molar refractivity (Wildman–Crippen MR) is 81.2 cm³/mol. The van der Waals surface area contributed by atoms with Crippen molar-refractivity contribution in [3.05, 3.63) is 0 Å². The first kappa shape index (κ1) is 25.7. The number of methoxy groups -OCH3 is 2. The number of carbonyl (C=O) groups is 4. The fourth-order valence-electron chi connectivity index (χ4n) is 0.743. The Morgan fingerprint density at radius 3 is 1.23 bits per heavy atom. The molecule has 2 radical (unpaired) electrons. The predicted octanol–water partition coefficient (Wildman–Crippen LogP) is 1.02. The Kier molecular flexibility index (Phi) is 20.8. The number of hydrogen-bond acceptors (Lipinski definition) is 7. The Hall–Kier alpha value is -1.23. The maximum atomic E-state index is 10.2. The second-order valence-corrected chi connectivity index (χ2v) is 4.97. The number of rotatable bonds is 6. The standard InChI is InChI=1S/2C5H8O3.C4H9O.Al/c2*1-4(6)3-5(7)8-2;1-4(2)3-5;/h2*3H2,1-2H3;4H,3H2,1-2H3;/q;;-1;+1. The van der Waals surface area contributed by atoms with Crippen molar-refractivity contribution in [1.82, 2.24) is 0 Å². The van der Waals surface area contributed by atoms with Gasteiger partial charge < -0.3 is 13.3 Å². The zero-order chi connectivity index (χ0) is 18.1. The number of Topliss-reactive ketones (excluding diaryl/α,β-unsaturated/α-hetero) is 2. The molecule has 0 bridgehead atoms. The summed E-state index contributed by atoms with van der Waals surface area (Å²) in [5, 5.41) is 0. The molecule has 0 aromatic carbocycles. The lowest BCUT2D eigenvalue weighted by atomic mass is 10.2. The van der Waals surface area contributed by atoms with Gasteiger partial charge in [0.15, 0.2) is 0 Å². The summed E-state index contributed by atoms with van der Waals surface area (Å²) in [7, 11) is 2.51. The molecule has 0 unspecified atom stereocenters. The molecule has 0 amide bonds. The molecule has 7 nitrogen and oxygen atoms in total. The van der Waals surface area contributed by atoms with E-state index in [1.807, 2.05) is 0 Å². The summed E-state index contributed by atoms with van der Waals surface area (Å²) in [6.07, 6.45) is -0.229. The van der Waals surface area contributed by atoms with Crippen molar-refractivity contribution in [2.75, 3.05) is 20.8 Å². The molecule has 0 N–H and O–H groups in total. The van der Waals surface area contributed by atoms with E-state index in [2.05, 4.69) is 39.9 Å². The van der Waals surface area contributed by atoms with Crippen molar-refractivity contribution in [3.8, 4) is 0 Å². The quantitative estimate of drug-likeness (QED) is 0.407. The van der Waals surface area contributed by atoms with Crippen LogP contribution < -0.4 is 0 Å². The number of ether oxygens (including phenoxy) is 2. The summed E-state index contributed by atoms with van der Waals surface area (Å²) < 4.78 is 13.1. The first-order valence-corrected chi connectivity index (χ1v) is 7.01. The van der Waals surface area contributed by atoms with Crippen LogP contribution in [0.1, 0.15) is 40.5 Å². The summed E-state index contributed by atoms with van der Waals surface area (Å²) >= 11 is 2.22. The van der Waals surface area contributed by atoms with Gasteiger partial charge in [-0.2, -0.15) is 0 Å². The van der Waals surface area contributed by atoms with Crippen molar-refractivity contribution >= 4 is 40.1 Å².